The summed E-state index contributed by atoms with van der Waals surface area (Å²) < 4.78 is 0. The van der Waals surface area contributed by atoms with Crippen molar-refractivity contribution < 1.29 is 0 Å². The molecule has 1 rings (SSSR count). The zero-order chi connectivity index (χ0) is 10.0. The van der Waals surface area contributed by atoms with Crippen LogP contribution in [-0.4, -0.2) is 47.6 Å². The fraction of sp³-hybridized carbons (Fsp3) is 1.00. The van der Waals surface area contributed by atoms with E-state index >= 15 is 0 Å². The molecule has 0 aromatic carbocycles. The molecule has 0 aliphatic carbocycles. The van der Waals surface area contributed by atoms with Crippen LogP contribution in [0, 0.1) is 0 Å². The third-order valence-corrected chi connectivity index (χ3v) is 3.23. The third-order valence-electron chi connectivity index (χ3n) is 3.23. The molecule has 1 aliphatic heterocycles. The first-order valence-corrected chi connectivity index (χ1v) is 5.56. The highest BCUT2D eigenvalue weighted by molar-refractivity contribution is 4.85. The molecule has 0 aromatic heterocycles. The Labute approximate surface area is 82.9 Å². The van der Waals surface area contributed by atoms with Gasteiger partial charge in [-0.15, -0.1) is 0 Å². The van der Waals surface area contributed by atoms with E-state index in [1.54, 1.807) is 0 Å². The molecule has 0 radical (unpaired) electrons. The van der Waals surface area contributed by atoms with Gasteiger partial charge in [0, 0.05) is 31.2 Å². The van der Waals surface area contributed by atoms with Gasteiger partial charge < -0.3 is 0 Å². The topological polar surface area (TPSA) is 6.48 Å². The molecule has 0 saturated carbocycles. The molecule has 0 aromatic rings. The van der Waals surface area contributed by atoms with Gasteiger partial charge >= 0.3 is 0 Å². The average Bonchev–Trinajstić information content (AvgIpc) is 2.07. The van der Waals surface area contributed by atoms with Gasteiger partial charge in [-0.2, -0.15) is 0 Å². The molecule has 2 heteroatoms. The molecule has 1 fully saturated rings. The summed E-state index contributed by atoms with van der Waals surface area (Å²) in [6.45, 7) is 15.2. The number of nitrogens with zero attached hydrogens (tertiary/aromatic N) is 2. The van der Waals surface area contributed by atoms with Crippen molar-refractivity contribution in [3.05, 3.63) is 0 Å². The minimum atomic E-state index is 0.691. The largest absolute Gasteiger partial charge is 0.298 e. The molecule has 78 valence electrons. The zero-order valence-corrected chi connectivity index (χ0v) is 9.75. The third kappa shape index (κ3) is 2.44. The molecule has 2 unspecified atom stereocenters. The summed E-state index contributed by atoms with van der Waals surface area (Å²) >= 11 is 0. The van der Waals surface area contributed by atoms with Gasteiger partial charge in [-0.25, -0.2) is 0 Å². The van der Waals surface area contributed by atoms with E-state index in [-0.39, 0.29) is 0 Å². The average molecular weight is 184 g/mol. The standard InChI is InChI=1S/C11H24N2/c1-6-12-7-11(5)13(9(2)3)8-10(12)4/h9-11H,6-8H2,1-5H3. The molecule has 2 atom stereocenters. The Morgan fingerprint density at radius 2 is 1.77 bits per heavy atom. The van der Waals surface area contributed by atoms with Crippen LogP contribution < -0.4 is 0 Å². The minimum Gasteiger partial charge on any atom is -0.298 e. The predicted octanol–water partition coefficient (Wildman–Crippen LogP) is 1.81. The highest BCUT2D eigenvalue weighted by atomic mass is 15.3. The van der Waals surface area contributed by atoms with Crippen molar-refractivity contribution in [1.82, 2.24) is 9.80 Å². The van der Waals surface area contributed by atoms with Gasteiger partial charge in [0.05, 0.1) is 0 Å². The molecule has 1 aliphatic rings. The first kappa shape index (κ1) is 11.0. The van der Waals surface area contributed by atoms with Gasteiger partial charge in [-0.05, 0) is 34.2 Å². The summed E-state index contributed by atoms with van der Waals surface area (Å²) in [4.78, 5) is 5.18. The van der Waals surface area contributed by atoms with Crippen molar-refractivity contribution in [2.75, 3.05) is 19.6 Å². The van der Waals surface area contributed by atoms with Gasteiger partial charge in [-0.3, -0.25) is 9.80 Å². The molecule has 1 saturated heterocycles. The first-order valence-electron chi connectivity index (χ1n) is 5.56. The second-order valence-electron chi connectivity index (χ2n) is 4.58. The highest BCUT2D eigenvalue weighted by Crippen LogP contribution is 2.16. The number of hydrogen-bond donors (Lipinski definition) is 0. The van der Waals surface area contributed by atoms with E-state index < -0.39 is 0 Å². The van der Waals surface area contributed by atoms with Gasteiger partial charge in [0.1, 0.15) is 0 Å². The fourth-order valence-electron chi connectivity index (χ4n) is 2.39. The van der Waals surface area contributed by atoms with Gasteiger partial charge in [0.25, 0.3) is 0 Å². The Hall–Kier alpha value is -0.0800. The van der Waals surface area contributed by atoms with Crippen molar-refractivity contribution in [2.24, 2.45) is 0 Å². The van der Waals surface area contributed by atoms with Crippen LogP contribution in [0.2, 0.25) is 0 Å². The monoisotopic (exact) mass is 184 g/mol. The molecule has 0 amide bonds. The second kappa shape index (κ2) is 4.43. The number of piperazine rings is 1. The molecular weight excluding hydrogens is 160 g/mol. The van der Waals surface area contributed by atoms with E-state index in [1.807, 2.05) is 0 Å². The molecule has 2 nitrogen and oxygen atoms in total. The fourth-order valence-corrected chi connectivity index (χ4v) is 2.39. The first-order chi connectivity index (χ1) is 6.06. The van der Waals surface area contributed by atoms with Crippen LogP contribution in [0.15, 0.2) is 0 Å². The molecule has 0 N–H and O–H groups in total. The van der Waals surface area contributed by atoms with Crippen LogP contribution in [0.5, 0.6) is 0 Å². The lowest BCUT2D eigenvalue weighted by Crippen LogP contribution is -2.57. The van der Waals surface area contributed by atoms with Gasteiger partial charge in [-0.1, -0.05) is 6.92 Å². The van der Waals surface area contributed by atoms with Crippen LogP contribution in [0.25, 0.3) is 0 Å². The Morgan fingerprint density at radius 1 is 1.15 bits per heavy atom. The number of likely N-dealkylation sites (N-methyl/N-ethyl adjacent to an activating group) is 1. The maximum Gasteiger partial charge on any atom is 0.0198 e. The smallest absolute Gasteiger partial charge is 0.0198 e. The molecule has 1 heterocycles. The second-order valence-corrected chi connectivity index (χ2v) is 4.58. The maximum absolute atomic E-state index is 2.61. The lowest BCUT2D eigenvalue weighted by molar-refractivity contribution is 0.0269. The van der Waals surface area contributed by atoms with E-state index in [9.17, 15) is 0 Å². The van der Waals surface area contributed by atoms with Gasteiger partial charge in [0.2, 0.25) is 0 Å². The Kier molecular flexibility index (Phi) is 3.74. The summed E-state index contributed by atoms with van der Waals surface area (Å²) in [5.74, 6) is 0. The van der Waals surface area contributed by atoms with Crippen LogP contribution in [-0.2, 0) is 0 Å². The molecular formula is C11H24N2. The van der Waals surface area contributed by atoms with Crippen LogP contribution in [0.4, 0.5) is 0 Å². The quantitative estimate of drug-likeness (QED) is 0.646. The van der Waals surface area contributed by atoms with E-state index in [2.05, 4.69) is 44.4 Å². The summed E-state index contributed by atoms with van der Waals surface area (Å²) in [6, 6.07) is 2.14. The minimum absolute atomic E-state index is 0.691. The number of rotatable bonds is 2. The van der Waals surface area contributed by atoms with Crippen molar-refractivity contribution in [3.8, 4) is 0 Å². The van der Waals surface area contributed by atoms with Crippen molar-refractivity contribution in [1.29, 1.82) is 0 Å². The zero-order valence-electron chi connectivity index (χ0n) is 9.75. The van der Waals surface area contributed by atoms with Crippen LogP contribution in [0.3, 0.4) is 0 Å². The SMILES string of the molecule is CCN1CC(C)N(C(C)C)CC1C. The Morgan fingerprint density at radius 3 is 2.23 bits per heavy atom. The van der Waals surface area contributed by atoms with Crippen LogP contribution >= 0.6 is 0 Å². The van der Waals surface area contributed by atoms with Crippen LogP contribution in [0.1, 0.15) is 34.6 Å². The summed E-state index contributed by atoms with van der Waals surface area (Å²) in [5, 5.41) is 0. The van der Waals surface area contributed by atoms with Crippen molar-refractivity contribution >= 4 is 0 Å². The van der Waals surface area contributed by atoms with Crippen molar-refractivity contribution in [3.63, 3.8) is 0 Å². The summed E-state index contributed by atoms with van der Waals surface area (Å²) in [7, 11) is 0. The summed E-state index contributed by atoms with van der Waals surface area (Å²) in [6.07, 6.45) is 0. The maximum atomic E-state index is 2.61. The number of hydrogen-bond acceptors (Lipinski definition) is 2. The molecule has 0 spiro atoms. The molecule has 13 heavy (non-hydrogen) atoms. The van der Waals surface area contributed by atoms with E-state index in [0.717, 1.165) is 12.1 Å². The van der Waals surface area contributed by atoms with Gasteiger partial charge in [0.15, 0.2) is 0 Å². The highest BCUT2D eigenvalue weighted by Gasteiger charge is 2.28. The summed E-state index contributed by atoms with van der Waals surface area (Å²) in [5.41, 5.74) is 0. The lowest BCUT2D eigenvalue weighted by atomic mass is 10.1. The van der Waals surface area contributed by atoms with E-state index in [1.165, 1.54) is 19.6 Å². The van der Waals surface area contributed by atoms with E-state index in [4.69, 9.17) is 0 Å². The normalized spacial score (nSPS) is 32.8. The Bertz CT molecular complexity index is 156. The predicted molar refractivity (Wildman–Crippen MR) is 58.0 cm³/mol. The molecule has 0 bridgehead atoms. The Balaban J connectivity index is 2.56. The lowest BCUT2D eigenvalue weighted by Gasteiger charge is -2.45. The van der Waals surface area contributed by atoms with Crippen molar-refractivity contribution in [2.45, 2.75) is 52.7 Å². The van der Waals surface area contributed by atoms with E-state index in [0.29, 0.717) is 6.04 Å².